The van der Waals surface area contributed by atoms with Crippen molar-refractivity contribution in [2.75, 3.05) is 6.61 Å². The minimum atomic E-state index is -0.0258. The number of ether oxygens (including phenoxy) is 1. The Balaban J connectivity index is 1.73. The number of nitrogens with one attached hydrogen (secondary N) is 1. The van der Waals surface area contributed by atoms with Crippen LogP contribution in [0.3, 0.4) is 0 Å². The first-order valence-corrected chi connectivity index (χ1v) is 7.97. The van der Waals surface area contributed by atoms with E-state index in [4.69, 9.17) is 4.74 Å². The normalized spacial score (nSPS) is 22.5. The number of pyridine rings is 1. The molecule has 0 radical (unpaired) electrons. The van der Waals surface area contributed by atoms with Gasteiger partial charge in [0.25, 0.3) is 0 Å². The largest absolute Gasteiger partial charge is 0.466 e. The number of hydrogen-bond donors (Lipinski definition) is 1. The standard InChI is InChI=1S/C15H21BrN2O2/c1-2-20-15(19)12-3-5-14(6-4-12)18-9-11-7-13(16)10-17-8-11/h7-8,10,12,14,18H,2-6,9H2,1H3. The molecule has 0 aromatic carbocycles. The molecular formula is C15H21BrN2O2. The van der Waals surface area contributed by atoms with E-state index >= 15 is 0 Å². The molecule has 1 aromatic heterocycles. The average Bonchev–Trinajstić information content (AvgIpc) is 2.46. The maximum atomic E-state index is 11.7. The molecule has 0 spiro atoms. The van der Waals surface area contributed by atoms with Crippen LogP contribution in [0.25, 0.3) is 0 Å². The van der Waals surface area contributed by atoms with Crippen LogP contribution in [0.1, 0.15) is 38.2 Å². The summed E-state index contributed by atoms with van der Waals surface area (Å²) in [6, 6.07) is 2.56. The second kappa shape index (κ2) is 7.74. The highest BCUT2D eigenvalue weighted by atomic mass is 79.9. The highest BCUT2D eigenvalue weighted by molar-refractivity contribution is 9.10. The third-order valence-electron chi connectivity index (χ3n) is 3.70. The third kappa shape index (κ3) is 4.56. The van der Waals surface area contributed by atoms with Crippen LogP contribution in [-0.4, -0.2) is 23.6 Å². The minimum Gasteiger partial charge on any atom is -0.466 e. The van der Waals surface area contributed by atoms with Crippen LogP contribution >= 0.6 is 15.9 Å². The molecule has 1 aromatic rings. The van der Waals surface area contributed by atoms with E-state index in [0.717, 1.165) is 36.7 Å². The molecule has 4 nitrogen and oxygen atoms in total. The van der Waals surface area contributed by atoms with Crippen LogP contribution in [0, 0.1) is 5.92 Å². The lowest BCUT2D eigenvalue weighted by Crippen LogP contribution is -2.35. The number of carbonyl (C=O) groups excluding carboxylic acids is 1. The molecule has 20 heavy (non-hydrogen) atoms. The van der Waals surface area contributed by atoms with Gasteiger partial charge in [0.1, 0.15) is 0 Å². The SMILES string of the molecule is CCOC(=O)C1CCC(NCc2cncc(Br)c2)CC1. The van der Waals surface area contributed by atoms with Gasteiger partial charge in [-0.1, -0.05) is 0 Å². The van der Waals surface area contributed by atoms with Crippen LogP contribution in [0.5, 0.6) is 0 Å². The quantitative estimate of drug-likeness (QED) is 0.837. The van der Waals surface area contributed by atoms with E-state index in [1.165, 1.54) is 5.56 Å². The van der Waals surface area contributed by atoms with Crippen molar-refractivity contribution in [1.29, 1.82) is 0 Å². The zero-order valence-corrected chi connectivity index (χ0v) is 13.4. The molecule has 110 valence electrons. The fourth-order valence-corrected chi connectivity index (χ4v) is 3.02. The Kier molecular flexibility index (Phi) is 5.98. The van der Waals surface area contributed by atoms with Crippen molar-refractivity contribution in [3.63, 3.8) is 0 Å². The molecule has 2 rings (SSSR count). The second-order valence-corrected chi connectivity index (χ2v) is 6.11. The van der Waals surface area contributed by atoms with E-state index in [9.17, 15) is 4.79 Å². The molecule has 0 bridgehead atoms. The predicted molar refractivity (Wildman–Crippen MR) is 81.2 cm³/mol. The maximum absolute atomic E-state index is 11.7. The van der Waals surface area contributed by atoms with Crippen molar-refractivity contribution in [3.05, 3.63) is 28.5 Å². The second-order valence-electron chi connectivity index (χ2n) is 5.19. The molecule has 0 aliphatic heterocycles. The predicted octanol–water partition coefficient (Wildman–Crippen LogP) is 3.06. The van der Waals surface area contributed by atoms with Crippen molar-refractivity contribution >= 4 is 21.9 Å². The Hall–Kier alpha value is -0.940. The lowest BCUT2D eigenvalue weighted by atomic mass is 9.86. The summed E-state index contributed by atoms with van der Waals surface area (Å²) >= 11 is 3.42. The van der Waals surface area contributed by atoms with Crippen molar-refractivity contribution < 1.29 is 9.53 Å². The zero-order valence-electron chi connectivity index (χ0n) is 11.8. The number of esters is 1. The number of nitrogens with zero attached hydrogens (tertiary/aromatic N) is 1. The molecule has 1 aliphatic rings. The summed E-state index contributed by atoms with van der Waals surface area (Å²) in [7, 11) is 0. The Labute approximate surface area is 128 Å². The summed E-state index contributed by atoms with van der Waals surface area (Å²) in [5, 5.41) is 3.54. The van der Waals surface area contributed by atoms with E-state index in [-0.39, 0.29) is 11.9 Å². The lowest BCUT2D eigenvalue weighted by Gasteiger charge is -2.28. The van der Waals surface area contributed by atoms with E-state index < -0.39 is 0 Å². The van der Waals surface area contributed by atoms with Crippen molar-refractivity contribution in [2.24, 2.45) is 5.92 Å². The first kappa shape index (κ1) is 15.4. The Morgan fingerprint density at radius 1 is 1.40 bits per heavy atom. The molecule has 1 aliphatic carbocycles. The van der Waals surface area contributed by atoms with E-state index in [0.29, 0.717) is 12.6 Å². The number of carbonyl (C=O) groups is 1. The molecule has 0 saturated heterocycles. The minimum absolute atomic E-state index is 0.0258. The number of hydrogen-bond acceptors (Lipinski definition) is 4. The van der Waals surface area contributed by atoms with Gasteiger partial charge in [0.05, 0.1) is 12.5 Å². The summed E-state index contributed by atoms with van der Waals surface area (Å²) in [5.41, 5.74) is 1.17. The van der Waals surface area contributed by atoms with Crippen molar-refractivity contribution in [3.8, 4) is 0 Å². The number of rotatable bonds is 5. The first-order chi connectivity index (χ1) is 9.69. The summed E-state index contributed by atoms with van der Waals surface area (Å²) < 4.78 is 6.09. The number of aromatic nitrogens is 1. The van der Waals surface area contributed by atoms with Crippen LogP contribution in [0.2, 0.25) is 0 Å². The van der Waals surface area contributed by atoms with Crippen LogP contribution in [0.15, 0.2) is 22.9 Å². The lowest BCUT2D eigenvalue weighted by molar-refractivity contribution is -0.149. The highest BCUT2D eigenvalue weighted by Crippen LogP contribution is 2.25. The van der Waals surface area contributed by atoms with E-state index in [1.54, 1.807) is 6.20 Å². The number of halogens is 1. The molecule has 1 N–H and O–H groups in total. The molecule has 5 heteroatoms. The van der Waals surface area contributed by atoms with Crippen LogP contribution in [0.4, 0.5) is 0 Å². The van der Waals surface area contributed by atoms with Gasteiger partial charge in [-0.15, -0.1) is 0 Å². The molecule has 1 saturated carbocycles. The highest BCUT2D eigenvalue weighted by Gasteiger charge is 2.26. The Morgan fingerprint density at radius 2 is 2.15 bits per heavy atom. The first-order valence-electron chi connectivity index (χ1n) is 7.18. The molecule has 0 amide bonds. The van der Waals surface area contributed by atoms with Crippen molar-refractivity contribution in [1.82, 2.24) is 10.3 Å². The maximum Gasteiger partial charge on any atom is 0.308 e. The van der Waals surface area contributed by atoms with Gasteiger partial charge in [0.15, 0.2) is 0 Å². The van der Waals surface area contributed by atoms with Crippen molar-refractivity contribution in [2.45, 2.75) is 45.2 Å². The van der Waals surface area contributed by atoms with Gasteiger partial charge < -0.3 is 10.1 Å². The van der Waals surface area contributed by atoms with Gasteiger partial charge in [-0.3, -0.25) is 9.78 Å². The topological polar surface area (TPSA) is 51.2 Å². The Bertz CT molecular complexity index is 445. The van der Waals surface area contributed by atoms with Crippen LogP contribution < -0.4 is 5.32 Å². The molecular weight excluding hydrogens is 320 g/mol. The molecule has 0 unspecified atom stereocenters. The van der Waals surface area contributed by atoms with Gasteiger partial charge in [0.2, 0.25) is 0 Å². The summed E-state index contributed by atoms with van der Waals surface area (Å²) in [4.78, 5) is 15.8. The fraction of sp³-hybridized carbons (Fsp3) is 0.600. The smallest absolute Gasteiger partial charge is 0.308 e. The zero-order chi connectivity index (χ0) is 14.4. The Morgan fingerprint density at radius 3 is 2.80 bits per heavy atom. The summed E-state index contributed by atoms with van der Waals surface area (Å²) in [6.07, 6.45) is 7.58. The van der Waals surface area contributed by atoms with Gasteiger partial charge >= 0.3 is 5.97 Å². The molecule has 1 heterocycles. The monoisotopic (exact) mass is 340 g/mol. The van der Waals surface area contributed by atoms with Gasteiger partial charge in [0, 0.05) is 29.5 Å². The third-order valence-corrected chi connectivity index (χ3v) is 4.14. The van der Waals surface area contributed by atoms with E-state index in [1.807, 2.05) is 13.1 Å². The van der Waals surface area contributed by atoms with Gasteiger partial charge in [-0.25, -0.2) is 0 Å². The van der Waals surface area contributed by atoms with Gasteiger partial charge in [-0.05, 0) is 60.2 Å². The average molecular weight is 341 g/mol. The summed E-state index contributed by atoms with van der Waals surface area (Å²) in [5.74, 6) is 0.0719. The summed E-state index contributed by atoms with van der Waals surface area (Å²) in [6.45, 7) is 3.16. The fourth-order valence-electron chi connectivity index (χ4n) is 2.61. The molecule has 0 atom stereocenters. The van der Waals surface area contributed by atoms with E-state index in [2.05, 4.69) is 32.3 Å². The molecule has 1 fully saturated rings. The van der Waals surface area contributed by atoms with Gasteiger partial charge in [-0.2, -0.15) is 0 Å². The van der Waals surface area contributed by atoms with Crippen LogP contribution in [-0.2, 0) is 16.1 Å².